The van der Waals surface area contributed by atoms with E-state index in [0.717, 1.165) is 11.3 Å². The number of nitrogens with one attached hydrogen (secondary N) is 1. The summed E-state index contributed by atoms with van der Waals surface area (Å²) in [6.45, 7) is 3.01. The first-order valence-corrected chi connectivity index (χ1v) is 8.10. The molecule has 0 fully saturated rings. The molecule has 0 aromatic heterocycles. The van der Waals surface area contributed by atoms with E-state index in [4.69, 9.17) is 4.74 Å². The molecule has 0 saturated carbocycles. The first kappa shape index (κ1) is 13.4. The van der Waals surface area contributed by atoms with Crippen molar-refractivity contribution in [3.8, 4) is 5.75 Å². The maximum Gasteiger partial charge on any atom is 0.150 e. The SMILES string of the molecule is CCS(=O)(=O)CCCNC1COc2ccccc21. The van der Waals surface area contributed by atoms with Crippen LogP contribution in [-0.4, -0.2) is 33.1 Å². The van der Waals surface area contributed by atoms with Crippen LogP contribution in [0.1, 0.15) is 24.9 Å². The summed E-state index contributed by atoms with van der Waals surface area (Å²) in [5.74, 6) is 1.41. The van der Waals surface area contributed by atoms with Crippen molar-refractivity contribution in [3.05, 3.63) is 29.8 Å². The Morgan fingerprint density at radius 1 is 1.39 bits per heavy atom. The Balaban J connectivity index is 1.79. The van der Waals surface area contributed by atoms with E-state index in [1.54, 1.807) is 6.92 Å². The molecule has 1 aliphatic rings. The highest BCUT2D eigenvalue weighted by Crippen LogP contribution is 2.31. The molecule has 18 heavy (non-hydrogen) atoms. The lowest BCUT2D eigenvalue weighted by Crippen LogP contribution is -2.25. The summed E-state index contributed by atoms with van der Waals surface area (Å²) in [6, 6.07) is 8.13. The van der Waals surface area contributed by atoms with Gasteiger partial charge in [-0.05, 0) is 19.0 Å². The van der Waals surface area contributed by atoms with Crippen LogP contribution in [0.3, 0.4) is 0 Å². The lowest BCUT2D eigenvalue weighted by Gasteiger charge is -2.11. The summed E-state index contributed by atoms with van der Waals surface area (Å²) in [5.41, 5.74) is 1.16. The van der Waals surface area contributed by atoms with Crippen molar-refractivity contribution in [1.82, 2.24) is 5.32 Å². The Labute approximate surface area is 108 Å². The number of fused-ring (bicyclic) bond motifs is 1. The molecule has 5 heteroatoms. The summed E-state index contributed by atoms with van der Waals surface area (Å²) in [4.78, 5) is 0. The van der Waals surface area contributed by atoms with Crippen LogP contribution in [0.2, 0.25) is 0 Å². The van der Waals surface area contributed by atoms with Crippen molar-refractivity contribution in [2.45, 2.75) is 19.4 Å². The fourth-order valence-corrected chi connectivity index (χ4v) is 2.92. The van der Waals surface area contributed by atoms with Gasteiger partial charge in [-0.2, -0.15) is 0 Å². The van der Waals surface area contributed by atoms with Crippen molar-refractivity contribution in [1.29, 1.82) is 0 Å². The zero-order chi connectivity index (χ0) is 13.0. The van der Waals surface area contributed by atoms with Crippen LogP contribution in [0, 0.1) is 0 Å². The summed E-state index contributed by atoms with van der Waals surface area (Å²) >= 11 is 0. The topological polar surface area (TPSA) is 55.4 Å². The fourth-order valence-electron chi connectivity index (χ4n) is 2.04. The van der Waals surface area contributed by atoms with E-state index in [1.165, 1.54) is 0 Å². The normalized spacial score (nSPS) is 18.4. The first-order chi connectivity index (χ1) is 8.62. The Bertz CT molecular complexity index is 499. The Morgan fingerprint density at radius 2 is 2.17 bits per heavy atom. The van der Waals surface area contributed by atoms with Crippen molar-refractivity contribution < 1.29 is 13.2 Å². The molecule has 2 rings (SSSR count). The molecule has 0 amide bonds. The monoisotopic (exact) mass is 269 g/mol. The van der Waals surface area contributed by atoms with Gasteiger partial charge in [-0.1, -0.05) is 25.1 Å². The van der Waals surface area contributed by atoms with E-state index in [1.807, 2.05) is 24.3 Å². The molecule has 0 aliphatic carbocycles. The third kappa shape index (κ3) is 3.23. The predicted octanol–water partition coefficient (Wildman–Crippen LogP) is 1.53. The molecule has 1 aliphatic heterocycles. The number of ether oxygens (including phenoxy) is 1. The smallest absolute Gasteiger partial charge is 0.150 e. The van der Waals surface area contributed by atoms with E-state index in [9.17, 15) is 8.42 Å². The highest BCUT2D eigenvalue weighted by molar-refractivity contribution is 7.91. The Kier molecular flexibility index (Phi) is 4.24. The second kappa shape index (κ2) is 5.71. The van der Waals surface area contributed by atoms with Crippen LogP contribution in [0.4, 0.5) is 0 Å². The van der Waals surface area contributed by atoms with E-state index < -0.39 is 9.84 Å². The molecule has 0 spiro atoms. The number of hydrogen-bond acceptors (Lipinski definition) is 4. The second-order valence-corrected chi connectivity index (χ2v) is 6.92. The Hall–Kier alpha value is -1.07. The zero-order valence-electron chi connectivity index (χ0n) is 10.6. The standard InChI is InChI=1S/C13H19NO3S/c1-2-18(15,16)9-5-8-14-12-10-17-13-7-4-3-6-11(12)13/h3-4,6-7,12,14H,2,5,8-10H2,1H3. The van der Waals surface area contributed by atoms with Crippen LogP contribution < -0.4 is 10.1 Å². The molecular formula is C13H19NO3S. The molecule has 1 unspecified atom stereocenters. The molecule has 0 saturated heterocycles. The van der Waals surface area contributed by atoms with Gasteiger partial charge in [-0.25, -0.2) is 8.42 Å². The van der Waals surface area contributed by atoms with E-state index in [2.05, 4.69) is 5.32 Å². The molecule has 1 atom stereocenters. The molecular weight excluding hydrogens is 250 g/mol. The number of sulfone groups is 1. The quantitative estimate of drug-likeness (QED) is 0.796. The number of hydrogen-bond donors (Lipinski definition) is 1. The second-order valence-electron chi connectivity index (χ2n) is 4.45. The van der Waals surface area contributed by atoms with Crippen LogP contribution in [0.5, 0.6) is 5.75 Å². The highest BCUT2D eigenvalue weighted by atomic mass is 32.2. The van der Waals surface area contributed by atoms with E-state index in [0.29, 0.717) is 19.6 Å². The fraction of sp³-hybridized carbons (Fsp3) is 0.538. The summed E-state index contributed by atoms with van der Waals surface area (Å²) in [5, 5.41) is 3.35. The molecule has 0 radical (unpaired) electrons. The number of rotatable bonds is 6. The number of para-hydroxylation sites is 1. The molecule has 1 aromatic carbocycles. The van der Waals surface area contributed by atoms with Crippen LogP contribution >= 0.6 is 0 Å². The van der Waals surface area contributed by atoms with Crippen molar-refractivity contribution >= 4 is 9.84 Å². The first-order valence-electron chi connectivity index (χ1n) is 6.28. The van der Waals surface area contributed by atoms with Gasteiger partial charge in [0.15, 0.2) is 0 Å². The third-order valence-electron chi connectivity index (χ3n) is 3.16. The minimum Gasteiger partial charge on any atom is -0.491 e. The van der Waals surface area contributed by atoms with Gasteiger partial charge in [0.1, 0.15) is 22.2 Å². The van der Waals surface area contributed by atoms with Crippen LogP contribution in [0.15, 0.2) is 24.3 Å². The van der Waals surface area contributed by atoms with Gasteiger partial charge in [0.2, 0.25) is 0 Å². The van der Waals surface area contributed by atoms with Gasteiger partial charge < -0.3 is 10.1 Å². The summed E-state index contributed by atoms with van der Waals surface area (Å²) < 4.78 is 28.2. The lowest BCUT2D eigenvalue weighted by molar-refractivity contribution is 0.311. The van der Waals surface area contributed by atoms with Gasteiger partial charge in [0.25, 0.3) is 0 Å². The minimum atomic E-state index is -2.85. The predicted molar refractivity (Wildman–Crippen MR) is 71.6 cm³/mol. The van der Waals surface area contributed by atoms with E-state index in [-0.39, 0.29) is 17.5 Å². The zero-order valence-corrected chi connectivity index (χ0v) is 11.4. The average molecular weight is 269 g/mol. The minimum absolute atomic E-state index is 0.186. The Morgan fingerprint density at radius 3 is 2.94 bits per heavy atom. The molecule has 100 valence electrons. The van der Waals surface area contributed by atoms with Gasteiger partial charge in [0.05, 0.1) is 11.8 Å². The average Bonchev–Trinajstić information content (AvgIpc) is 2.78. The van der Waals surface area contributed by atoms with Gasteiger partial charge in [-0.3, -0.25) is 0 Å². The van der Waals surface area contributed by atoms with Crippen LogP contribution in [0.25, 0.3) is 0 Å². The molecule has 0 bridgehead atoms. The van der Waals surface area contributed by atoms with Gasteiger partial charge in [0, 0.05) is 11.3 Å². The molecule has 1 N–H and O–H groups in total. The number of benzene rings is 1. The van der Waals surface area contributed by atoms with Crippen molar-refractivity contribution in [3.63, 3.8) is 0 Å². The molecule has 1 aromatic rings. The maximum atomic E-state index is 11.3. The van der Waals surface area contributed by atoms with Gasteiger partial charge in [-0.15, -0.1) is 0 Å². The maximum absolute atomic E-state index is 11.3. The largest absolute Gasteiger partial charge is 0.491 e. The van der Waals surface area contributed by atoms with Crippen LogP contribution in [-0.2, 0) is 9.84 Å². The molecule has 1 heterocycles. The summed E-state index contributed by atoms with van der Waals surface area (Å²) in [7, 11) is -2.85. The third-order valence-corrected chi connectivity index (χ3v) is 4.95. The highest BCUT2D eigenvalue weighted by Gasteiger charge is 2.22. The summed E-state index contributed by atoms with van der Waals surface area (Å²) in [6.07, 6.45) is 0.648. The van der Waals surface area contributed by atoms with E-state index >= 15 is 0 Å². The molecule has 4 nitrogen and oxygen atoms in total. The van der Waals surface area contributed by atoms with Crippen molar-refractivity contribution in [2.24, 2.45) is 0 Å². The van der Waals surface area contributed by atoms with Gasteiger partial charge >= 0.3 is 0 Å². The van der Waals surface area contributed by atoms with Crippen molar-refractivity contribution in [2.75, 3.05) is 24.7 Å². The lowest BCUT2D eigenvalue weighted by atomic mass is 10.1.